The summed E-state index contributed by atoms with van der Waals surface area (Å²) in [5, 5.41) is 4.60. The Morgan fingerprint density at radius 3 is 2.63 bits per heavy atom. The molecule has 0 aromatic carbocycles. The van der Waals surface area contributed by atoms with Crippen LogP contribution < -0.4 is 15.0 Å². The van der Waals surface area contributed by atoms with E-state index in [2.05, 4.69) is 17.2 Å². The van der Waals surface area contributed by atoms with E-state index in [-0.39, 0.29) is 0 Å². The van der Waals surface area contributed by atoms with Gasteiger partial charge in [0.25, 0.3) is 0 Å². The van der Waals surface area contributed by atoms with Gasteiger partial charge in [0.1, 0.15) is 0 Å². The zero-order chi connectivity index (χ0) is 13.9. The predicted molar refractivity (Wildman–Crippen MR) is 81.3 cm³/mol. The molecule has 1 saturated carbocycles. The molecule has 0 saturated heterocycles. The van der Waals surface area contributed by atoms with Crippen molar-refractivity contribution in [3.8, 4) is 5.88 Å². The molecule has 1 aromatic heterocycles. The Labute approximate surface area is 120 Å². The van der Waals surface area contributed by atoms with Crippen molar-refractivity contribution < 1.29 is 4.74 Å². The topological polar surface area (TPSA) is 37.4 Å². The highest BCUT2D eigenvalue weighted by Gasteiger charge is 2.34. The van der Waals surface area contributed by atoms with Crippen LogP contribution in [0.4, 0.5) is 5.13 Å². The molecule has 0 amide bonds. The Hall–Kier alpha value is -0.810. The number of hydrogen-bond donors (Lipinski definition) is 1. The van der Waals surface area contributed by atoms with Gasteiger partial charge in [-0.05, 0) is 24.7 Å². The molecule has 0 aliphatic heterocycles. The van der Waals surface area contributed by atoms with Crippen molar-refractivity contribution in [2.75, 3.05) is 32.6 Å². The molecule has 5 heteroatoms. The van der Waals surface area contributed by atoms with Gasteiger partial charge >= 0.3 is 0 Å². The fraction of sp³-hybridized carbons (Fsp3) is 0.786. The van der Waals surface area contributed by atoms with Gasteiger partial charge in [-0.2, -0.15) is 4.98 Å². The van der Waals surface area contributed by atoms with Gasteiger partial charge in [-0.3, -0.25) is 0 Å². The number of methoxy groups -OCH3 is 1. The second-order valence-electron chi connectivity index (χ2n) is 5.63. The second-order valence-corrected chi connectivity index (χ2v) is 6.70. The summed E-state index contributed by atoms with van der Waals surface area (Å²) in [4.78, 5) is 7.70. The van der Waals surface area contributed by atoms with Crippen molar-refractivity contribution in [3.05, 3.63) is 4.88 Å². The lowest BCUT2D eigenvalue weighted by atomic mass is 9.67. The van der Waals surface area contributed by atoms with Crippen LogP contribution in [0.15, 0.2) is 0 Å². The van der Waals surface area contributed by atoms with Crippen LogP contribution in [0.3, 0.4) is 0 Å². The van der Waals surface area contributed by atoms with Crippen LogP contribution in [0.1, 0.15) is 37.5 Å². The molecule has 0 bridgehead atoms. The largest absolute Gasteiger partial charge is 0.480 e. The maximum Gasteiger partial charge on any atom is 0.230 e. The number of aromatic nitrogens is 1. The molecule has 0 spiro atoms. The molecule has 0 atom stereocenters. The number of rotatable bonds is 7. The fourth-order valence-electron chi connectivity index (χ4n) is 2.56. The first-order chi connectivity index (χ1) is 9.10. The minimum atomic E-state index is 0.558. The number of ether oxygens (including phenoxy) is 1. The number of nitrogens with one attached hydrogen (secondary N) is 1. The molecular weight excluding hydrogens is 258 g/mol. The Kier molecular flexibility index (Phi) is 4.68. The van der Waals surface area contributed by atoms with Crippen molar-refractivity contribution in [3.63, 3.8) is 0 Å². The van der Waals surface area contributed by atoms with Gasteiger partial charge in [0, 0.05) is 27.2 Å². The zero-order valence-electron chi connectivity index (χ0n) is 12.5. The van der Waals surface area contributed by atoms with E-state index in [1.165, 1.54) is 30.6 Å². The molecule has 1 fully saturated rings. The first-order valence-electron chi connectivity index (χ1n) is 7.02. The second kappa shape index (κ2) is 6.09. The zero-order valence-corrected chi connectivity index (χ0v) is 13.3. The summed E-state index contributed by atoms with van der Waals surface area (Å²) in [5.41, 5.74) is 0.558. The van der Waals surface area contributed by atoms with Gasteiger partial charge < -0.3 is 15.0 Å². The van der Waals surface area contributed by atoms with E-state index < -0.39 is 0 Å². The third kappa shape index (κ3) is 3.20. The molecular formula is C14H25N3OS. The standard InChI is InChI=1S/C14H25N3OS/c1-5-14(7-6-8-14)10-15-9-11-12(18-4)16-13(19-11)17(2)3/h15H,5-10H2,1-4H3. The average Bonchev–Trinajstić information content (AvgIpc) is 2.76. The van der Waals surface area contributed by atoms with Crippen LogP contribution in [0.25, 0.3) is 0 Å². The van der Waals surface area contributed by atoms with Gasteiger partial charge in [-0.1, -0.05) is 24.7 Å². The summed E-state index contributed by atoms with van der Waals surface area (Å²) in [6.45, 7) is 4.27. The summed E-state index contributed by atoms with van der Waals surface area (Å²) in [5.74, 6) is 0.764. The molecule has 1 aromatic rings. The van der Waals surface area contributed by atoms with Crippen LogP contribution in [-0.4, -0.2) is 32.7 Å². The molecule has 1 aliphatic rings. The molecule has 0 radical (unpaired) electrons. The highest BCUT2D eigenvalue weighted by atomic mass is 32.1. The highest BCUT2D eigenvalue weighted by Crippen LogP contribution is 2.43. The summed E-state index contributed by atoms with van der Waals surface area (Å²) in [6.07, 6.45) is 5.42. The predicted octanol–water partition coefficient (Wildman–Crippen LogP) is 2.89. The first kappa shape index (κ1) is 14.6. The van der Waals surface area contributed by atoms with E-state index in [4.69, 9.17) is 4.74 Å². The monoisotopic (exact) mass is 283 g/mol. The van der Waals surface area contributed by atoms with Crippen molar-refractivity contribution in [2.24, 2.45) is 5.41 Å². The van der Waals surface area contributed by atoms with Crippen LogP contribution in [0, 0.1) is 5.41 Å². The lowest BCUT2D eigenvalue weighted by molar-refractivity contribution is 0.124. The van der Waals surface area contributed by atoms with Crippen LogP contribution in [-0.2, 0) is 6.54 Å². The van der Waals surface area contributed by atoms with E-state index in [9.17, 15) is 0 Å². The van der Waals surface area contributed by atoms with Crippen LogP contribution >= 0.6 is 11.3 Å². The Morgan fingerprint density at radius 2 is 2.16 bits per heavy atom. The summed E-state index contributed by atoms with van der Waals surface area (Å²) in [7, 11) is 5.71. The number of hydrogen-bond acceptors (Lipinski definition) is 5. The van der Waals surface area contributed by atoms with Gasteiger partial charge in [0.05, 0.1) is 12.0 Å². The number of anilines is 1. The van der Waals surface area contributed by atoms with Gasteiger partial charge in [0.15, 0.2) is 5.13 Å². The van der Waals surface area contributed by atoms with Gasteiger partial charge in [-0.15, -0.1) is 0 Å². The lowest BCUT2D eigenvalue weighted by Crippen LogP contribution is -2.39. The smallest absolute Gasteiger partial charge is 0.230 e. The first-order valence-corrected chi connectivity index (χ1v) is 7.83. The summed E-state index contributed by atoms with van der Waals surface area (Å²) in [6, 6.07) is 0. The lowest BCUT2D eigenvalue weighted by Gasteiger charge is -2.41. The molecule has 19 heavy (non-hydrogen) atoms. The van der Waals surface area contributed by atoms with E-state index >= 15 is 0 Å². The molecule has 2 rings (SSSR count). The Balaban J connectivity index is 1.91. The van der Waals surface area contributed by atoms with Crippen LogP contribution in [0.5, 0.6) is 5.88 Å². The molecule has 1 heterocycles. The third-order valence-electron chi connectivity index (χ3n) is 4.18. The number of nitrogens with zero attached hydrogens (tertiary/aromatic N) is 2. The summed E-state index contributed by atoms with van der Waals surface area (Å²) >= 11 is 1.70. The Bertz CT molecular complexity index is 407. The highest BCUT2D eigenvalue weighted by molar-refractivity contribution is 7.15. The van der Waals surface area contributed by atoms with Crippen molar-refractivity contribution in [1.29, 1.82) is 0 Å². The molecule has 4 nitrogen and oxygen atoms in total. The summed E-state index contributed by atoms with van der Waals surface area (Å²) < 4.78 is 5.36. The van der Waals surface area contributed by atoms with Gasteiger partial charge in [-0.25, -0.2) is 0 Å². The van der Waals surface area contributed by atoms with Crippen molar-refractivity contribution in [1.82, 2.24) is 10.3 Å². The van der Waals surface area contributed by atoms with E-state index in [1.807, 2.05) is 19.0 Å². The van der Waals surface area contributed by atoms with Gasteiger partial charge in [0.2, 0.25) is 5.88 Å². The Morgan fingerprint density at radius 1 is 1.42 bits per heavy atom. The quantitative estimate of drug-likeness (QED) is 0.835. The molecule has 1 N–H and O–H groups in total. The third-order valence-corrected chi connectivity index (χ3v) is 5.38. The molecule has 1 aliphatic carbocycles. The fourth-order valence-corrected chi connectivity index (χ4v) is 3.48. The van der Waals surface area contributed by atoms with Crippen molar-refractivity contribution in [2.45, 2.75) is 39.2 Å². The van der Waals surface area contributed by atoms with E-state index in [1.54, 1.807) is 18.4 Å². The minimum Gasteiger partial charge on any atom is -0.480 e. The average molecular weight is 283 g/mol. The number of thiazole rings is 1. The maximum atomic E-state index is 5.36. The minimum absolute atomic E-state index is 0.558. The van der Waals surface area contributed by atoms with Crippen LogP contribution in [0.2, 0.25) is 0 Å². The van der Waals surface area contributed by atoms with E-state index in [0.29, 0.717) is 5.41 Å². The maximum absolute atomic E-state index is 5.36. The normalized spacial score (nSPS) is 17.1. The SMILES string of the molecule is CCC1(CNCc2sc(N(C)C)nc2OC)CCC1. The molecule has 0 unspecified atom stereocenters. The molecule has 108 valence electrons. The van der Waals surface area contributed by atoms with Crippen molar-refractivity contribution >= 4 is 16.5 Å². The van der Waals surface area contributed by atoms with E-state index in [0.717, 1.165) is 24.1 Å².